The maximum Gasteiger partial charge on any atom is 0.481 e. The maximum absolute atomic E-state index is 14.4. The predicted octanol–water partition coefficient (Wildman–Crippen LogP) is 6.11. The molecule has 6 rings (SSSR count). The van der Waals surface area contributed by atoms with E-state index in [-0.39, 0.29) is 41.1 Å². The first-order valence-corrected chi connectivity index (χ1v) is 17.8. The van der Waals surface area contributed by atoms with E-state index in [9.17, 15) is 9.59 Å². The molecule has 2 aliphatic heterocycles. The number of carbonyl (C=O) groups is 2. The van der Waals surface area contributed by atoms with Gasteiger partial charge in [-0.1, -0.05) is 59.7 Å². The van der Waals surface area contributed by atoms with Gasteiger partial charge in [0.2, 0.25) is 5.91 Å². The summed E-state index contributed by atoms with van der Waals surface area (Å²) >= 11 is 0. The molecule has 0 unspecified atom stereocenters. The zero-order chi connectivity index (χ0) is 33.5. The van der Waals surface area contributed by atoms with Gasteiger partial charge < -0.3 is 29.4 Å². The molecule has 0 spiro atoms. The Morgan fingerprint density at radius 2 is 1.72 bits per heavy atom. The second-order valence-electron chi connectivity index (χ2n) is 15.6. The summed E-state index contributed by atoms with van der Waals surface area (Å²) in [6.45, 7) is 16.7. The van der Waals surface area contributed by atoms with Gasteiger partial charge >= 0.3 is 7.12 Å². The van der Waals surface area contributed by atoms with Gasteiger partial charge in [0.15, 0.2) is 11.5 Å². The summed E-state index contributed by atoms with van der Waals surface area (Å²) in [6, 6.07) is 10.9. The van der Waals surface area contributed by atoms with Gasteiger partial charge in [0.25, 0.3) is 5.91 Å². The number of fused-ring (bicyclic) bond motifs is 3. The number of benzene rings is 2. The van der Waals surface area contributed by atoms with E-state index in [2.05, 4.69) is 65.2 Å². The van der Waals surface area contributed by atoms with E-state index < -0.39 is 18.8 Å². The predicted molar refractivity (Wildman–Crippen MR) is 184 cm³/mol. The number of amides is 2. The van der Waals surface area contributed by atoms with E-state index in [4.69, 9.17) is 18.8 Å². The van der Waals surface area contributed by atoms with E-state index in [1.807, 2.05) is 30.3 Å². The minimum atomic E-state index is -0.823. The van der Waals surface area contributed by atoms with Crippen molar-refractivity contribution in [3.8, 4) is 11.5 Å². The SMILES string of the molecule is CC(C)C[C@H](NC(=O)[C@H](Cc1ccc2c(c1)OCCO2)NC(=O)c1cccc2c1CCCC2)B1O[C@@H]2C[C@H](C)C(C)(C)[C@H](C)[C@]2(C)O1. The first kappa shape index (κ1) is 33.9. The van der Waals surface area contributed by atoms with Gasteiger partial charge in [0.05, 0.1) is 17.6 Å². The zero-order valence-corrected chi connectivity index (χ0v) is 29.3. The molecule has 2 heterocycles. The lowest BCUT2D eigenvalue weighted by atomic mass is 9.57. The van der Waals surface area contributed by atoms with E-state index in [0.29, 0.717) is 49.0 Å². The first-order chi connectivity index (χ1) is 22.4. The molecule has 1 saturated heterocycles. The van der Waals surface area contributed by atoms with Gasteiger partial charge in [-0.2, -0.15) is 0 Å². The van der Waals surface area contributed by atoms with E-state index >= 15 is 0 Å². The molecule has 4 aliphatic rings. The Kier molecular flexibility index (Phi) is 9.70. The average Bonchev–Trinajstić information content (AvgIpc) is 3.39. The molecule has 47 heavy (non-hydrogen) atoms. The molecule has 2 fully saturated rings. The molecule has 1 saturated carbocycles. The van der Waals surface area contributed by atoms with E-state index in [1.165, 1.54) is 5.56 Å². The Bertz CT molecular complexity index is 1480. The lowest BCUT2D eigenvalue weighted by molar-refractivity contribution is -0.123. The molecule has 0 aromatic heterocycles. The van der Waals surface area contributed by atoms with Gasteiger partial charge in [-0.05, 0) is 104 Å². The monoisotopic (exact) mass is 644 g/mol. The van der Waals surface area contributed by atoms with Gasteiger partial charge in [0.1, 0.15) is 19.3 Å². The van der Waals surface area contributed by atoms with Crippen molar-refractivity contribution in [2.75, 3.05) is 13.2 Å². The molecular weight excluding hydrogens is 591 g/mol. The zero-order valence-electron chi connectivity index (χ0n) is 29.3. The van der Waals surface area contributed by atoms with Crippen LogP contribution in [-0.4, -0.2) is 55.8 Å². The van der Waals surface area contributed by atoms with Crippen LogP contribution in [0.15, 0.2) is 36.4 Å². The Morgan fingerprint density at radius 3 is 2.49 bits per heavy atom. The number of hydrogen-bond donors (Lipinski definition) is 2. The summed E-state index contributed by atoms with van der Waals surface area (Å²) in [5.41, 5.74) is 3.50. The number of carbonyl (C=O) groups excluding carboxylic acids is 2. The second-order valence-corrected chi connectivity index (χ2v) is 15.6. The van der Waals surface area contributed by atoms with E-state index in [0.717, 1.165) is 43.2 Å². The van der Waals surface area contributed by atoms with Crippen LogP contribution in [0.3, 0.4) is 0 Å². The third-order valence-electron chi connectivity index (χ3n) is 11.8. The summed E-state index contributed by atoms with van der Waals surface area (Å²) < 4.78 is 25.1. The van der Waals surface area contributed by atoms with E-state index in [1.54, 1.807) is 0 Å². The molecule has 2 aromatic carbocycles. The topological polar surface area (TPSA) is 95.1 Å². The molecule has 9 heteroatoms. The van der Waals surface area contributed by atoms with Crippen LogP contribution in [0.1, 0.15) is 101 Å². The minimum absolute atomic E-state index is 0.0467. The first-order valence-electron chi connectivity index (χ1n) is 17.8. The van der Waals surface area contributed by atoms with Crippen molar-refractivity contribution in [1.29, 1.82) is 0 Å². The van der Waals surface area contributed by atoms with Gasteiger partial charge in [0, 0.05) is 12.0 Å². The molecule has 2 aromatic rings. The fourth-order valence-corrected chi connectivity index (χ4v) is 8.21. The van der Waals surface area contributed by atoms with Crippen molar-refractivity contribution < 1.29 is 28.4 Å². The lowest BCUT2D eigenvalue weighted by Gasteiger charge is -2.53. The maximum atomic E-state index is 14.4. The van der Waals surface area contributed by atoms with Crippen molar-refractivity contribution >= 4 is 18.9 Å². The van der Waals surface area contributed by atoms with Crippen LogP contribution >= 0.6 is 0 Å². The average molecular weight is 645 g/mol. The molecule has 2 aliphatic carbocycles. The Morgan fingerprint density at radius 1 is 0.979 bits per heavy atom. The Balaban J connectivity index is 1.26. The number of nitrogens with one attached hydrogen (secondary N) is 2. The largest absolute Gasteiger partial charge is 0.486 e. The molecule has 2 amide bonds. The summed E-state index contributed by atoms with van der Waals surface area (Å²) in [7, 11) is -0.577. The van der Waals surface area contributed by atoms with Gasteiger partial charge in [-0.3, -0.25) is 9.59 Å². The van der Waals surface area contributed by atoms with Crippen molar-refractivity contribution in [2.24, 2.45) is 23.2 Å². The highest BCUT2D eigenvalue weighted by atomic mass is 16.7. The highest BCUT2D eigenvalue weighted by Crippen LogP contribution is 2.54. The van der Waals surface area contributed by atoms with Crippen LogP contribution in [-0.2, 0) is 33.4 Å². The standard InChI is InChI=1S/C38H53BN2O6/c1-23(2)19-34(39-46-33-20-24(3)37(5,6)25(4)38(33,7)47-39)41-36(43)30(21-26-15-16-31-32(22-26)45-18-17-44-31)40-35(42)29-14-10-12-27-11-8-9-13-28(27)29/h10,12,14-16,22-25,30,33-34H,8-9,11,13,17-21H2,1-7H3,(H,40,42)(H,41,43)/t24-,25-,30-,33+,34-,38-/m0/s1. The second kappa shape index (κ2) is 13.5. The highest BCUT2D eigenvalue weighted by Gasteiger charge is 2.61. The van der Waals surface area contributed by atoms with Crippen LogP contribution < -0.4 is 20.1 Å². The number of ether oxygens (including phenoxy) is 2. The third kappa shape index (κ3) is 6.80. The molecule has 6 atom stereocenters. The summed E-state index contributed by atoms with van der Waals surface area (Å²) in [5, 5.41) is 6.44. The fourth-order valence-electron chi connectivity index (χ4n) is 8.21. The Hall–Kier alpha value is -3.04. The molecule has 2 N–H and O–H groups in total. The quantitative estimate of drug-likeness (QED) is 0.320. The Labute approximate surface area is 281 Å². The fraction of sp³-hybridized carbons (Fsp3) is 0.632. The summed E-state index contributed by atoms with van der Waals surface area (Å²) in [6.07, 6.45) is 5.89. The number of aryl methyl sites for hydroxylation is 1. The van der Waals surface area contributed by atoms with Crippen LogP contribution in [0.25, 0.3) is 0 Å². The van der Waals surface area contributed by atoms with Crippen molar-refractivity contribution in [3.63, 3.8) is 0 Å². The summed E-state index contributed by atoms with van der Waals surface area (Å²) in [4.78, 5) is 28.3. The van der Waals surface area contributed by atoms with Gasteiger partial charge in [-0.15, -0.1) is 0 Å². The van der Waals surface area contributed by atoms with Crippen molar-refractivity contribution in [1.82, 2.24) is 10.6 Å². The van der Waals surface area contributed by atoms with Crippen molar-refractivity contribution in [2.45, 2.75) is 117 Å². The summed E-state index contributed by atoms with van der Waals surface area (Å²) in [5.74, 6) is 1.53. The highest BCUT2D eigenvalue weighted by molar-refractivity contribution is 6.47. The normalized spacial score (nSPS) is 27.4. The van der Waals surface area contributed by atoms with Crippen LogP contribution in [0, 0.1) is 23.2 Å². The minimum Gasteiger partial charge on any atom is -0.486 e. The third-order valence-corrected chi connectivity index (χ3v) is 11.8. The lowest BCUT2D eigenvalue weighted by Crippen LogP contribution is -2.57. The number of hydrogen-bond acceptors (Lipinski definition) is 6. The number of rotatable bonds is 9. The van der Waals surface area contributed by atoms with Crippen LogP contribution in [0.2, 0.25) is 0 Å². The van der Waals surface area contributed by atoms with Crippen LogP contribution in [0.4, 0.5) is 0 Å². The molecule has 8 nitrogen and oxygen atoms in total. The molecule has 254 valence electrons. The van der Waals surface area contributed by atoms with Gasteiger partial charge in [-0.25, -0.2) is 0 Å². The van der Waals surface area contributed by atoms with Crippen molar-refractivity contribution in [3.05, 3.63) is 58.7 Å². The molecule has 0 bridgehead atoms. The van der Waals surface area contributed by atoms with Crippen LogP contribution in [0.5, 0.6) is 11.5 Å². The smallest absolute Gasteiger partial charge is 0.481 e. The molecular formula is C38H53BN2O6. The molecule has 0 radical (unpaired) electrons.